The molecule has 0 spiro atoms. The monoisotopic (exact) mass is 236 g/mol. The number of aromatic nitrogens is 3. The van der Waals surface area contributed by atoms with Gasteiger partial charge in [0, 0.05) is 37.1 Å². The third-order valence-electron chi connectivity index (χ3n) is 2.43. The third kappa shape index (κ3) is 2.68. The van der Waals surface area contributed by atoms with E-state index in [0.717, 1.165) is 30.3 Å². The van der Waals surface area contributed by atoms with E-state index in [0.29, 0.717) is 0 Å². The van der Waals surface area contributed by atoms with Crippen LogP contribution in [0.3, 0.4) is 0 Å². The van der Waals surface area contributed by atoms with Gasteiger partial charge < -0.3 is 9.88 Å². The highest BCUT2D eigenvalue weighted by atomic mass is 32.1. The Bertz CT molecular complexity index is 446. The van der Waals surface area contributed by atoms with Crippen molar-refractivity contribution in [1.29, 1.82) is 0 Å². The number of thiazole rings is 1. The summed E-state index contributed by atoms with van der Waals surface area (Å²) in [6.07, 6.45) is 6.80. The van der Waals surface area contributed by atoms with Crippen LogP contribution in [0.5, 0.6) is 0 Å². The standard InChI is InChI=1S/C11H16N4S/c1-3-9-6-14-11(16-9)8-12-7-10-13-4-5-15(10)2/h4-6,12H,3,7-8H2,1-2H3. The van der Waals surface area contributed by atoms with Crippen LogP contribution in [0.2, 0.25) is 0 Å². The number of nitrogens with zero attached hydrogens (tertiary/aromatic N) is 3. The second kappa shape index (κ2) is 5.23. The van der Waals surface area contributed by atoms with Gasteiger partial charge >= 0.3 is 0 Å². The smallest absolute Gasteiger partial charge is 0.122 e. The van der Waals surface area contributed by atoms with Gasteiger partial charge in [0.25, 0.3) is 0 Å². The molecule has 0 saturated heterocycles. The van der Waals surface area contributed by atoms with E-state index in [9.17, 15) is 0 Å². The summed E-state index contributed by atoms with van der Waals surface area (Å²) in [4.78, 5) is 9.95. The summed E-state index contributed by atoms with van der Waals surface area (Å²) >= 11 is 1.77. The van der Waals surface area contributed by atoms with Crippen molar-refractivity contribution < 1.29 is 0 Å². The Hall–Kier alpha value is -1.20. The predicted molar refractivity (Wildman–Crippen MR) is 65.2 cm³/mol. The number of hydrogen-bond donors (Lipinski definition) is 1. The molecule has 2 aromatic rings. The first-order valence-electron chi connectivity index (χ1n) is 5.40. The van der Waals surface area contributed by atoms with E-state index in [1.165, 1.54) is 4.88 Å². The van der Waals surface area contributed by atoms with Gasteiger partial charge in [0.05, 0.1) is 6.54 Å². The van der Waals surface area contributed by atoms with Crippen molar-refractivity contribution in [3.63, 3.8) is 0 Å². The highest BCUT2D eigenvalue weighted by Gasteiger charge is 2.01. The molecule has 0 amide bonds. The molecule has 0 aliphatic rings. The van der Waals surface area contributed by atoms with Crippen LogP contribution in [-0.4, -0.2) is 14.5 Å². The number of imidazole rings is 1. The lowest BCUT2D eigenvalue weighted by atomic mass is 10.4. The summed E-state index contributed by atoms with van der Waals surface area (Å²) in [6.45, 7) is 3.75. The Morgan fingerprint density at radius 1 is 1.38 bits per heavy atom. The fourth-order valence-electron chi connectivity index (χ4n) is 1.44. The maximum absolute atomic E-state index is 4.36. The average Bonchev–Trinajstić information content (AvgIpc) is 2.89. The topological polar surface area (TPSA) is 42.7 Å². The van der Waals surface area contributed by atoms with Gasteiger partial charge in [-0.2, -0.15) is 0 Å². The lowest BCUT2D eigenvalue weighted by molar-refractivity contribution is 0.637. The van der Waals surface area contributed by atoms with Gasteiger partial charge in [0.2, 0.25) is 0 Å². The molecule has 2 rings (SSSR count). The molecule has 5 heteroatoms. The van der Waals surface area contributed by atoms with Crippen LogP contribution < -0.4 is 5.32 Å². The molecule has 0 aliphatic carbocycles. The molecule has 0 aromatic carbocycles. The Labute approximate surface area is 99.4 Å². The Kier molecular flexibility index (Phi) is 3.69. The minimum atomic E-state index is 0.782. The number of nitrogens with one attached hydrogen (secondary N) is 1. The Balaban J connectivity index is 1.82. The van der Waals surface area contributed by atoms with Crippen molar-refractivity contribution in [3.8, 4) is 0 Å². The Morgan fingerprint density at radius 3 is 2.88 bits per heavy atom. The first kappa shape index (κ1) is 11.3. The Morgan fingerprint density at radius 2 is 2.25 bits per heavy atom. The van der Waals surface area contributed by atoms with Crippen molar-refractivity contribution in [2.45, 2.75) is 26.4 Å². The summed E-state index contributed by atoms with van der Waals surface area (Å²) in [5.74, 6) is 1.05. The third-order valence-corrected chi connectivity index (χ3v) is 3.57. The van der Waals surface area contributed by atoms with E-state index in [-0.39, 0.29) is 0 Å². The zero-order valence-corrected chi connectivity index (χ0v) is 10.4. The first-order chi connectivity index (χ1) is 7.79. The van der Waals surface area contributed by atoms with Crippen LogP contribution in [0.1, 0.15) is 22.6 Å². The van der Waals surface area contributed by atoms with Gasteiger partial charge in [0.15, 0.2) is 0 Å². The number of aryl methyl sites for hydroxylation is 2. The molecule has 86 valence electrons. The minimum Gasteiger partial charge on any atom is -0.337 e. The molecule has 0 saturated carbocycles. The van der Waals surface area contributed by atoms with Crippen LogP contribution >= 0.6 is 11.3 Å². The fraction of sp³-hybridized carbons (Fsp3) is 0.455. The molecule has 0 unspecified atom stereocenters. The fourth-order valence-corrected chi connectivity index (χ4v) is 2.27. The maximum atomic E-state index is 4.36. The van der Waals surface area contributed by atoms with Gasteiger partial charge in [-0.15, -0.1) is 11.3 Å². The van der Waals surface area contributed by atoms with Crippen molar-refractivity contribution in [1.82, 2.24) is 19.9 Å². The molecule has 2 aromatic heterocycles. The molecular formula is C11H16N4S. The van der Waals surface area contributed by atoms with E-state index in [1.54, 1.807) is 11.3 Å². The molecular weight excluding hydrogens is 220 g/mol. The van der Waals surface area contributed by atoms with Gasteiger partial charge in [0.1, 0.15) is 10.8 Å². The van der Waals surface area contributed by atoms with E-state index in [1.807, 2.05) is 30.2 Å². The highest BCUT2D eigenvalue weighted by molar-refractivity contribution is 7.11. The van der Waals surface area contributed by atoms with Crippen molar-refractivity contribution >= 4 is 11.3 Å². The van der Waals surface area contributed by atoms with Crippen molar-refractivity contribution in [2.75, 3.05) is 0 Å². The van der Waals surface area contributed by atoms with Crippen LogP contribution in [0.4, 0.5) is 0 Å². The molecule has 0 aliphatic heterocycles. The molecule has 0 fully saturated rings. The van der Waals surface area contributed by atoms with Gasteiger partial charge in [-0.25, -0.2) is 9.97 Å². The summed E-state index contributed by atoms with van der Waals surface area (Å²) in [7, 11) is 2.00. The second-order valence-corrected chi connectivity index (χ2v) is 4.83. The normalized spacial score (nSPS) is 10.9. The molecule has 0 radical (unpaired) electrons. The zero-order valence-electron chi connectivity index (χ0n) is 9.60. The largest absolute Gasteiger partial charge is 0.337 e. The van der Waals surface area contributed by atoms with E-state index in [4.69, 9.17) is 0 Å². The lowest BCUT2D eigenvalue weighted by Crippen LogP contribution is -2.15. The molecule has 0 atom stereocenters. The summed E-state index contributed by atoms with van der Waals surface area (Å²) in [5.41, 5.74) is 0. The summed E-state index contributed by atoms with van der Waals surface area (Å²) in [5, 5.41) is 4.49. The molecule has 2 heterocycles. The quantitative estimate of drug-likeness (QED) is 0.859. The summed E-state index contributed by atoms with van der Waals surface area (Å²) in [6, 6.07) is 0. The van der Waals surface area contributed by atoms with Crippen LogP contribution in [0.15, 0.2) is 18.6 Å². The van der Waals surface area contributed by atoms with Gasteiger partial charge in [-0.1, -0.05) is 6.92 Å². The van der Waals surface area contributed by atoms with Crippen LogP contribution in [0, 0.1) is 0 Å². The average molecular weight is 236 g/mol. The zero-order chi connectivity index (χ0) is 11.4. The van der Waals surface area contributed by atoms with E-state index >= 15 is 0 Å². The number of rotatable bonds is 5. The predicted octanol–water partition coefficient (Wildman–Crippen LogP) is 1.73. The van der Waals surface area contributed by atoms with Crippen molar-refractivity contribution in [2.24, 2.45) is 7.05 Å². The molecule has 4 nitrogen and oxygen atoms in total. The SMILES string of the molecule is CCc1cnc(CNCc2nccn2C)s1. The second-order valence-electron chi connectivity index (χ2n) is 3.63. The lowest BCUT2D eigenvalue weighted by Gasteiger charge is -2.02. The van der Waals surface area contributed by atoms with E-state index in [2.05, 4.69) is 22.2 Å². The van der Waals surface area contributed by atoms with E-state index < -0.39 is 0 Å². The first-order valence-corrected chi connectivity index (χ1v) is 6.21. The minimum absolute atomic E-state index is 0.782. The van der Waals surface area contributed by atoms with Crippen LogP contribution in [-0.2, 0) is 26.6 Å². The number of hydrogen-bond acceptors (Lipinski definition) is 4. The summed E-state index contributed by atoms with van der Waals surface area (Å²) < 4.78 is 2.02. The maximum Gasteiger partial charge on any atom is 0.122 e. The van der Waals surface area contributed by atoms with Gasteiger partial charge in [-0.05, 0) is 6.42 Å². The van der Waals surface area contributed by atoms with Crippen molar-refractivity contribution in [3.05, 3.63) is 34.3 Å². The molecule has 0 bridgehead atoms. The van der Waals surface area contributed by atoms with Crippen LogP contribution in [0.25, 0.3) is 0 Å². The molecule has 16 heavy (non-hydrogen) atoms. The highest BCUT2D eigenvalue weighted by Crippen LogP contribution is 2.12. The van der Waals surface area contributed by atoms with Gasteiger partial charge in [-0.3, -0.25) is 0 Å². The molecule has 1 N–H and O–H groups in total.